The van der Waals surface area contributed by atoms with Crippen LogP contribution in [0.25, 0.3) is 0 Å². The van der Waals surface area contributed by atoms with Crippen molar-refractivity contribution >= 4 is 18.1 Å². The van der Waals surface area contributed by atoms with E-state index in [4.69, 9.17) is 9.79 Å². The Labute approximate surface area is 52.1 Å². The average Bonchev–Trinajstić information content (AvgIpc) is 1.38. The summed E-state index contributed by atoms with van der Waals surface area (Å²) in [5, 5.41) is 0. The molecule has 0 aromatic carbocycles. The van der Waals surface area contributed by atoms with Crippen molar-refractivity contribution in [2.45, 2.75) is 0 Å². The summed E-state index contributed by atoms with van der Waals surface area (Å²) in [5.41, 5.74) is 0. The van der Waals surface area contributed by atoms with Crippen LogP contribution in [-0.4, -0.2) is 9.79 Å². The third-order valence-electron chi connectivity index (χ3n) is 0.0943. The summed E-state index contributed by atoms with van der Waals surface area (Å²) in [6, 6.07) is 0. The number of hydrogen-bond donors (Lipinski definition) is 2. The van der Waals surface area contributed by atoms with Gasteiger partial charge in [-0.25, -0.2) is 0 Å². The van der Waals surface area contributed by atoms with E-state index in [0.717, 1.165) is 0 Å². The minimum Gasteiger partial charge on any atom is -0.328 e. The van der Waals surface area contributed by atoms with Gasteiger partial charge in [-0.05, 0) is 0 Å². The molecule has 0 aliphatic heterocycles. The van der Waals surface area contributed by atoms with Gasteiger partial charge in [0.05, 0.1) is 0 Å². The monoisotopic (exact) mass is 217 g/mol. The van der Waals surface area contributed by atoms with Crippen LogP contribution in [0.15, 0.2) is 0 Å². The van der Waals surface area contributed by atoms with Gasteiger partial charge >= 0.3 is 8.60 Å². The molecule has 41 valence electrons. The Balaban J connectivity index is 0. The molecule has 6 heteroatoms. The van der Waals surface area contributed by atoms with Crippen LogP contribution in [0.1, 0.15) is 0 Å². The van der Waals surface area contributed by atoms with Crippen LogP contribution < -0.4 is 0 Å². The molecule has 0 aromatic rings. The Morgan fingerprint density at radius 1 is 1.50 bits per heavy atom. The molecule has 6 heavy (non-hydrogen) atoms. The minimum atomic E-state index is -2.14. The topological polar surface area (TPSA) is 49.7 Å². The van der Waals surface area contributed by atoms with Crippen LogP contribution in [0, 0.1) is 0 Å². The van der Waals surface area contributed by atoms with Gasteiger partial charge in [0.15, 0.2) is 0 Å². The van der Waals surface area contributed by atoms with Crippen LogP contribution in [0.3, 0.4) is 0 Å². The third-order valence-corrected chi connectivity index (χ3v) is 0.849. The second-order valence-corrected chi connectivity index (χ2v) is 1.71. The zero-order chi connectivity index (χ0) is 4.28. The van der Waals surface area contributed by atoms with Crippen molar-refractivity contribution in [3.8, 4) is 0 Å². The van der Waals surface area contributed by atoms with E-state index in [1.54, 1.807) is 9.47 Å². The summed E-state index contributed by atoms with van der Waals surface area (Å²) in [5.74, 6) is 0. The molecule has 1 unspecified atom stereocenters. The molecule has 0 rings (SSSR count). The molecule has 0 fully saturated rings. The fourth-order valence-electron chi connectivity index (χ4n) is 0. The van der Waals surface area contributed by atoms with Gasteiger partial charge in [0, 0.05) is 28.9 Å². The molecular formula is H4O3P2Rh. The first-order chi connectivity index (χ1) is 2.27. The first kappa shape index (κ1) is 10.4. The van der Waals surface area contributed by atoms with E-state index in [0.29, 0.717) is 0 Å². The van der Waals surface area contributed by atoms with Gasteiger partial charge in [-0.15, -0.1) is 0 Å². The third kappa shape index (κ3) is 9.03. The maximum absolute atomic E-state index is 7.74. The molecule has 0 bridgehead atoms. The summed E-state index contributed by atoms with van der Waals surface area (Å²) in [4.78, 5) is 15.5. The first-order valence-electron chi connectivity index (χ1n) is 0.818. The van der Waals surface area contributed by atoms with Crippen LogP contribution in [0.2, 0.25) is 0 Å². The van der Waals surface area contributed by atoms with E-state index in [1.165, 1.54) is 0 Å². The fraction of sp³-hybridized carbons (Fsp3) is 0. The van der Waals surface area contributed by atoms with Crippen molar-refractivity contribution in [2.24, 2.45) is 0 Å². The number of hydrogen-bond acceptors (Lipinski definition) is 3. The normalized spacial score (nSPS) is 8.00. The first-order valence-corrected chi connectivity index (χ1v) is 2.45. The Hall–Kier alpha value is 1.36. The fourth-order valence-corrected chi connectivity index (χ4v) is 0. The zero-order valence-corrected chi connectivity index (χ0v) is 6.35. The summed E-state index contributed by atoms with van der Waals surface area (Å²) in [6.07, 6.45) is 0. The van der Waals surface area contributed by atoms with Crippen LogP contribution in [0.4, 0.5) is 0 Å². The van der Waals surface area contributed by atoms with Gasteiger partial charge in [-0.3, -0.25) is 4.31 Å². The molecule has 1 radical (unpaired) electrons. The second kappa shape index (κ2) is 6.36. The molecule has 1 atom stereocenters. The zero-order valence-electron chi connectivity index (χ0n) is 2.66. The van der Waals surface area contributed by atoms with E-state index < -0.39 is 8.60 Å². The predicted octanol–water partition coefficient (Wildman–Crippen LogP) is 0.00210. The van der Waals surface area contributed by atoms with Gasteiger partial charge in [0.1, 0.15) is 0 Å². The van der Waals surface area contributed by atoms with Crippen molar-refractivity contribution in [1.82, 2.24) is 0 Å². The Bertz CT molecular complexity index is 22.8. The molecular weight excluding hydrogens is 213 g/mol. The Morgan fingerprint density at radius 2 is 1.67 bits per heavy atom. The van der Waals surface area contributed by atoms with Crippen LogP contribution >= 0.6 is 18.1 Å². The smallest absolute Gasteiger partial charge is 0.328 e. The predicted molar refractivity (Wildman–Crippen MR) is 22.2 cm³/mol. The molecule has 0 aliphatic carbocycles. The van der Waals surface area contributed by atoms with Crippen molar-refractivity contribution in [3.05, 3.63) is 0 Å². The molecule has 0 saturated carbocycles. The van der Waals surface area contributed by atoms with Gasteiger partial charge in [0.2, 0.25) is 0 Å². The summed E-state index contributed by atoms with van der Waals surface area (Å²) in [7, 11) is -0.412. The molecule has 0 spiro atoms. The Kier molecular flexibility index (Phi) is 11.0. The van der Waals surface area contributed by atoms with E-state index in [1.807, 2.05) is 0 Å². The standard InChI is InChI=1S/H4O3P2.Rh/c1-5(2)3-4;/h1-2H,4H2;. The molecule has 0 aliphatic rings. The van der Waals surface area contributed by atoms with Gasteiger partial charge in [-0.2, -0.15) is 0 Å². The molecule has 0 aromatic heterocycles. The van der Waals surface area contributed by atoms with E-state index in [-0.39, 0.29) is 19.5 Å². The largest absolute Gasteiger partial charge is 0.329 e. The average molecular weight is 217 g/mol. The SMILES string of the molecule is OP(O)OP.[Rh]. The van der Waals surface area contributed by atoms with Crippen molar-refractivity contribution in [1.29, 1.82) is 0 Å². The Morgan fingerprint density at radius 3 is 1.67 bits per heavy atom. The van der Waals surface area contributed by atoms with E-state index >= 15 is 0 Å². The molecule has 2 N–H and O–H groups in total. The van der Waals surface area contributed by atoms with Crippen molar-refractivity contribution in [2.75, 3.05) is 0 Å². The minimum absolute atomic E-state index is 0. The van der Waals surface area contributed by atoms with Crippen molar-refractivity contribution < 1.29 is 33.6 Å². The molecule has 3 nitrogen and oxygen atoms in total. The quantitative estimate of drug-likeness (QED) is 0.480. The van der Waals surface area contributed by atoms with Crippen LogP contribution in [0.5, 0.6) is 0 Å². The summed E-state index contributed by atoms with van der Waals surface area (Å²) >= 11 is 0. The molecule has 0 amide bonds. The maximum atomic E-state index is 7.74. The maximum Gasteiger partial charge on any atom is 0.329 e. The van der Waals surface area contributed by atoms with Gasteiger partial charge in [-0.1, -0.05) is 0 Å². The van der Waals surface area contributed by atoms with E-state index in [2.05, 4.69) is 4.31 Å². The summed E-state index contributed by atoms with van der Waals surface area (Å²) in [6.45, 7) is 0. The second-order valence-electron chi connectivity index (χ2n) is 0.358. The molecule has 0 saturated heterocycles. The van der Waals surface area contributed by atoms with Crippen LogP contribution in [-0.2, 0) is 23.8 Å². The summed E-state index contributed by atoms with van der Waals surface area (Å²) < 4.78 is 3.84. The van der Waals surface area contributed by atoms with E-state index in [9.17, 15) is 0 Å². The van der Waals surface area contributed by atoms with Gasteiger partial charge in [0.25, 0.3) is 0 Å². The van der Waals surface area contributed by atoms with Crippen molar-refractivity contribution in [3.63, 3.8) is 0 Å². The number of rotatable bonds is 1. The molecule has 0 heterocycles. The van der Waals surface area contributed by atoms with Gasteiger partial charge < -0.3 is 9.79 Å².